The van der Waals surface area contributed by atoms with Crippen LogP contribution < -0.4 is 5.06 Å². The predicted octanol–water partition coefficient (Wildman–Crippen LogP) is 3.04. The first-order valence-electron chi connectivity index (χ1n) is 10.0. The summed E-state index contributed by atoms with van der Waals surface area (Å²) in [5, 5.41) is 12.7. The summed E-state index contributed by atoms with van der Waals surface area (Å²) in [6, 6.07) is 18.1. The summed E-state index contributed by atoms with van der Waals surface area (Å²) in [6.07, 6.45) is 2.18. The Balaban J connectivity index is 1.53. The van der Waals surface area contributed by atoms with Gasteiger partial charge in [0.05, 0.1) is 23.2 Å². The lowest BCUT2D eigenvalue weighted by atomic mass is 9.91. The quantitative estimate of drug-likeness (QED) is 0.348. The first-order chi connectivity index (χ1) is 15.5. The first-order valence-corrected chi connectivity index (χ1v) is 10.0. The minimum atomic E-state index is -1.01. The summed E-state index contributed by atoms with van der Waals surface area (Å²) >= 11 is 0. The molecule has 2 saturated heterocycles. The fraction of sp³-hybridized carbons (Fsp3) is 0.174. The van der Waals surface area contributed by atoms with E-state index in [1.165, 1.54) is 22.1 Å². The number of carbonyl (C=O) groups excluding carboxylic acids is 2. The Morgan fingerprint density at radius 1 is 0.969 bits per heavy atom. The van der Waals surface area contributed by atoms with Crippen LogP contribution in [0.1, 0.15) is 17.2 Å². The molecule has 2 fully saturated rings. The highest BCUT2D eigenvalue weighted by Crippen LogP contribution is 2.47. The van der Waals surface area contributed by atoms with Crippen LogP contribution in [-0.4, -0.2) is 32.7 Å². The lowest BCUT2D eigenvalue weighted by Crippen LogP contribution is -2.37. The number of hydrogen-bond donors (Lipinski definition) is 0. The number of hydroxylamine groups is 1. The maximum atomic E-state index is 13.4. The van der Waals surface area contributed by atoms with Crippen LogP contribution in [0.4, 0.5) is 11.4 Å². The molecule has 0 spiro atoms. The van der Waals surface area contributed by atoms with E-state index in [1.54, 1.807) is 36.7 Å². The van der Waals surface area contributed by atoms with Crippen molar-refractivity contribution in [3.8, 4) is 0 Å². The average Bonchev–Trinajstić information content (AvgIpc) is 3.32. The Labute approximate surface area is 183 Å². The zero-order valence-corrected chi connectivity index (χ0v) is 16.8. The lowest BCUT2D eigenvalue weighted by molar-refractivity contribution is -0.384. The minimum absolute atomic E-state index is 0.111. The third-order valence-electron chi connectivity index (χ3n) is 5.73. The molecule has 2 aliphatic rings. The van der Waals surface area contributed by atoms with Gasteiger partial charge in [0.2, 0.25) is 5.91 Å². The van der Waals surface area contributed by atoms with Gasteiger partial charge >= 0.3 is 0 Å². The fourth-order valence-electron chi connectivity index (χ4n) is 4.26. The third kappa shape index (κ3) is 3.28. The van der Waals surface area contributed by atoms with Crippen molar-refractivity contribution in [2.45, 2.75) is 18.7 Å². The molecule has 3 heterocycles. The molecule has 3 aromatic rings. The number of nitrogens with zero attached hydrogens (tertiary/aromatic N) is 4. The SMILES string of the molecule is O=C1[C@@H]2[C@H](ON(c3cccc([N+](=O)[O-])c3)[C@H]2c2ccncc2)C(=O)N1Cc1ccccc1. The van der Waals surface area contributed by atoms with Gasteiger partial charge in [-0.15, -0.1) is 0 Å². The van der Waals surface area contributed by atoms with Crippen molar-refractivity contribution in [1.29, 1.82) is 0 Å². The maximum Gasteiger partial charge on any atom is 0.271 e. The van der Waals surface area contributed by atoms with E-state index in [4.69, 9.17) is 4.84 Å². The molecule has 32 heavy (non-hydrogen) atoms. The number of anilines is 1. The Hall–Kier alpha value is -4.11. The molecule has 0 saturated carbocycles. The van der Waals surface area contributed by atoms with Crippen LogP contribution in [0.5, 0.6) is 0 Å². The number of nitro groups is 1. The van der Waals surface area contributed by atoms with Crippen molar-refractivity contribution in [2.75, 3.05) is 5.06 Å². The van der Waals surface area contributed by atoms with E-state index in [1.807, 2.05) is 30.3 Å². The highest BCUT2D eigenvalue weighted by Gasteiger charge is 2.59. The van der Waals surface area contributed by atoms with Crippen molar-refractivity contribution in [2.24, 2.45) is 5.92 Å². The minimum Gasteiger partial charge on any atom is -0.275 e. The van der Waals surface area contributed by atoms with E-state index >= 15 is 0 Å². The van der Waals surface area contributed by atoms with E-state index in [0.717, 1.165) is 11.1 Å². The fourth-order valence-corrected chi connectivity index (χ4v) is 4.26. The Morgan fingerprint density at radius 2 is 1.72 bits per heavy atom. The Morgan fingerprint density at radius 3 is 2.44 bits per heavy atom. The Bertz CT molecular complexity index is 1190. The highest BCUT2D eigenvalue weighted by molar-refractivity contribution is 6.07. The second-order valence-electron chi connectivity index (χ2n) is 7.63. The molecule has 1 aromatic heterocycles. The second kappa shape index (κ2) is 7.86. The molecule has 0 bridgehead atoms. The number of hydrogen-bond acceptors (Lipinski definition) is 7. The number of non-ortho nitro benzene ring substituents is 1. The van der Waals surface area contributed by atoms with Gasteiger partial charge in [-0.3, -0.25) is 34.4 Å². The van der Waals surface area contributed by atoms with Crippen molar-refractivity contribution in [3.63, 3.8) is 0 Å². The van der Waals surface area contributed by atoms with Crippen LogP contribution in [0.25, 0.3) is 0 Å². The van der Waals surface area contributed by atoms with Crippen LogP contribution in [0.15, 0.2) is 79.1 Å². The number of imide groups is 1. The molecule has 0 radical (unpaired) electrons. The molecule has 9 heteroatoms. The van der Waals surface area contributed by atoms with E-state index in [2.05, 4.69) is 4.98 Å². The number of likely N-dealkylation sites (tertiary alicyclic amines) is 1. The number of nitro benzene ring substituents is 1. The monoisotopic (exact) mass is 430 g/mol. The van der Waals surface area contributed by atoms with Crippen LogP contribution in [0.2, 0.25) is 0 Å². The zero-order chi connectivity index (χ0) is 22.2. The standard InChI is InChI=1S/C23H18N4O5/c28-22-19-20(16-9-11-24-12-10-16)26(17-7-4-8-18(13-17)27(30)31)32-21(19)23(29)25(22)14-15-5-2-1-3-6-15/h1-13,19-21H,14H2/t19-,20-,21-/m0/s1. The number of aromatic nitrogens is 1. The van der Waals surface area contributed by atoms with Gasteiger partial charge in [0.25, 0.3) is 11.6 Å². The van der Waals surface area contributed by atoms with Gasteiger partial charge in [-0.05, 0) is 29.3 Å². The topological polar surface area (TPSA) is 106 Å². The highest BCUT2D eigenvalue weighted by atomic mass is 16.7. The number of rotatable bonds is 5. The number of pyridine rings is 1. The number of benzene rings is 2. The zero-order valence-electron chi connectivity index (χ0n) is 16.8. The number of carbonyl (C=O) groups is 2. The summed E-state index contributed by atoms with van der Waals surface area (Å²) in [5.74, 6) is -1.54. The predicted molar refractivity (Wildman–Crippen MR) is 113 cm³/mol. The largest absolute Gasteiger partial charge is 0.275 e. The summed E-state index contributed by atoms with van der Waals surface area (Å²) < 4.78 is 0. The molecule has 9 nitrogen and oxygen atoms in total. The third-order valence-corrected chi connectivity index (χ3v) is 5.73. The molecule has 160 valence electrons. The molecule has 2 amide bonds. The lowest BCUT2D eigenvalue weighted by Gasteiger charge is -2.28. The smallest absolute Gasteiger partial charge is 0.271 e. The van der Waals surface area contributed by atoms with Crippen LogP contribution >= 0.6 is 0 Å². The van der Waals surface area contributed by atoms with Crippen LogP contribution in [-0.2, 0) is 21.0 Å². The second-order valence-corrected chi connectivity index (χ2v) is 7.63. The first kappa shape index (κ1) is 19.8. The normalized spacial score (nSPS) is 22.3. The number of fused-ring (bicyclic) bond motifs is 1. The molecular weight excluding hydrogens is 412 g/mol. The van der Waals surface area contributed by atoms with Crippen molar-refractivity contribution < 1.29 is 19.3 Å². The van der Waals surface area contributed by atoms with E-state index in [-0.39, 0.29) is 18.1 Å². The van der Waals surface area contributed by atoms with Gasteiger partial charge < -0.3 is 0 Å². The molecule has 2 aliphatic heterocycles. The van der Waals surface area contributed by atoms with E-state index in [9.17, 15) is 19.7 Å². The van der Waals surface area contributed by atoms with Crippen LogP contribution in [0, 0.1) is 16.0 Å². The van der Waals surface area contributed by atoms with Gasteiger partial charge in [-0.2, -0.15) is 0 Å². The van der Waals surface area contributed by atoms with E-state index in [0.29, 0.717) is 5.69 Å². The summed E-state index contributed by atoms with van der Waals surface area (Å²) in [4.78, 5) is 48.6. The molecule has 3 atom stereocenters. The summed E-state index contributed by atoms with van der Waals surface area (Å²) in [6.45, 7) is 0.161. The van der Waals surface area contributed by atoms with E-state index < -0.39 is 28.9 Å². The molecular formula is C23H18N4O5. The maximum absolute atomic E-state index is 13.4. The van der Waals surface area contributed by atoms with Crippen molar-refractivity contribution >= 4 is 23.2 Å². The van der Waals surface area contributed by atoms with Crippen LogP contribution in [0.3, 0.4) is 0 Å². The van der Waals surface area contributed by atoms with Gasteiger partial charge in [-0.1, -0.05) is 36.4 Å². The Kier molecular flexibility index (Phi) is 4.87. The van der Waals surface area contributed by atoms with Gasteiger partial charge in [0.15, 0.2) is 6.10 Å². The molecule has 0 N–H and O–H groups in total. The number of amides is 2. The van der Waals surface area contributed by atoms with Gasteiger partial charge in [0, 0.05) is 24.5 Å². The van der Waals surface area contributed by atoms with Crippen molar-refractivity contribution in [3.05, 3.63) is 100 Å². The molecule has 5 rings (SSSR count). The van der Waals surface area contributed by atoms with Gasteiger partial charge in [-0.25, -0.2) is 5.06 Å². The molecule has 0 aliphatic carbocycles. The summed E-state index contributed by atoms with van der Waals surface area (Å²) in [7, 11) is 0. The van der Waals surface area contributed by atoms with Crippen molar-refractivity contribution in [1.82, 2.24) is 9.88 Å². The molecule has 0 unspecified atom stereocenters. The summed E-state index contributed by atoms with van der Waals surface area (Å²) in [5.41, 5.74) is 1.84. The van der Waals surface area contributed by atoms with Gasteiger partial charge in [0.1, 0.15) is 5.92 Å². The molecule has 2 aromatic carbocycles. The average molecular weight is 430 g/mol.